The lowest BCUT2D eigenvalue weighted by Crippen LogP contribution is -2.74. The number of rotatable bonds is 31. The van der Waals surface area contributed by atoms with Crippen LogP contribution in [0.15, 0.2) is 0 Å². The van der Waals surface area contributed by atoms with E-state index in [-0.39, 0.29) is 29.4 Å². The Bertz CT molecular complexity index is 2480. The highest BCUT2D eigenvalue weighted by molar-refractivity contribution is 8.00. The number of halogens is 52. The highest BCUT2D eigenvalue weighted by Crippen LogP contribution is 2.68. The minimum absolute atomic E-state index is 0.199. The van der Waals surface area contributed by atoms with Gasteiger partial charge in [0, 0.05) is 19.3 Å². The topological polar surface area (TPSA) is 112 Å². The number of carboxylic acid groups (broad SMARTS) is 3. The van der Waals surface area contributed by atoms with E-state index in [0.717, 1.165) is 0 Å². The van der Waals surface area contributed by atoms with Crippen molar-refractivity contribution in [2.24, 2.45) is 0 Å². The van der Waals surface area contributed by atoms with E-state index in [2.05, 4.69) is 12.6 Å². The van der Waals surface area contributed by atoms with Gasteiger partial charge in [-0.05, 0) is 17.3 Å². The largest absolute Gasteiger partial charge is 0.481 e. The smallest absolute Gasteiger partial charge is 0.460 e. The molecular weight excluding hydrogens is 1630 g/mol. The predicted molar refractivity (Wildman–Crippen MR) is 218 cm³/mol. The predicted octanol–water partition coefficient (Wildman–Crippen LogP) is 19.0. The molecular formula is C36H22ClF51O6S3. The Morgan fingerprint density at radius 1 is 0.247 bits per heavy atom. The summed E-state index contributed by atoms with van der Waals surface area (Å²) in [4.78, 5) is 29.4. The van der Waals surface area contributed by atoms with Crippen molar-refractivity contribution in [2.45, 2.75) is 162 Å². The second-order valence-corrected chi connectivity index (χ2v) is 20.3. The molecule has 0 rings (SSSR count). The average Bonchev–Trinajstić information content (AvgIpc) is 0.709. The molecule has 0 aromatic rings. The van der Waals surface area contributed by atoms with Crippen LogP contribution in [-0.4, -0.2) is 211 Å². The molecule has 0 aliphatic rings. The lowest BCUT2D eigenvalue weighted by molar-refractivity contribution is -0.461. The van der Waals surface area contributed by atoms with Gasteiger partial charge in [-0.25, -0.2) is 0 Å². The Hall–Kier alpha value is -3.82. The van der Waals surface area contributed by atoms with Crippen molar-refractivity contribution in [3.05, 3.63) is 0 Å². The molecule has 0 aliphatic carbocycles. The lowest BCUT2D eigenvalue weighted by atomic mass is 9.88. The zero-order valence-corrected chi connectivity index (χ0v) is 46.6. The van der Waals surface area contributed by atoms with Gasteiger partial charge in [0.25, 0.3) is 0 Å². The van der Waals surface area contributed by atoms with Crippen LogP contribution in [-0.2, 0) is 14.4 Å². The summed E-state index contributed by atoms with van der Waals surface area (Å²) < 4.78 is 658. The molecule has 0 saturated heterocycles. The Labute approximate surface area is 516 Å². The van der Waals surface area contributed by atoms with Gasteiger partial charge in [-0.15, -0.1) is 35.1 Å². The van der Waals surface area contributed by atoms with E-state index in [1.807, 2.05) is 0 Å². The monoisotopic (exact) mass is 1650 g/mol. The molecule has 0 aromatic carbocycles. The normalized spacial score (nSPS) is 15.6. The van der Waals surface area contributed by atoms with E-state index < -0.39 is 209 Å². The number of hydrogen-bond acceptors (Lipinski definition) is 6. The minimum atomic E-state index is -8.65. The first-order chi connectivity index (χ1) is 41.4. The quantitative estimate of drug-likeness (QED) is 0.0235. The molecule has 6 nitrogen and oxygen atoms in total. The molecule has 0 amide bonds. The lowest BCUT2D eigenvalue weighted by Gasteiger charge is -2.42. The first kappa shape index (κ1) is 99.6. The molecule has 3 N–H and O–H groups in total. The molecule has 0 spiro atoms. The van der Waals surface area contributed by atoms with Crippen molar-refractivity contribution in [1.29, 1.82) is 0 Å². The number of carbonyl (C=O) groups is 3. The summed E-state index contributed by atoms with van der Waals surface area (Å²) in [6.07, 6.45) is -31.1. The van der Waals surface area contributed by atoms with E-state index >= 15 is 0 Å². The molecule has 0 unspecified atom stereocenters. The number of carboxylic acids is 3. The first-order valence-electron chi connectivity index (χ1n) is 21.5. The summed E-state index contributed by atoms with van der Waals surface area (Å²) in [5.41, 5.74) is 0. The van der Waals surface area contributed by atoms with Gasteiger partial charge in [0.15, 0.2) is 0 Å². The van der Waals surface area contributed by atoms with E-state index in [4.69, 9.17) is 26.9 Å². The Balaban J connectivity index is -0.000000646. The second-order valence-electron chi connectivity index (χ2n) is 17.3. The van der Waals surface area contributed by atoms with Crippen LogP contribution in [0.1, 0.15) is 19.3 Å². The van der Waals surface area contributed by atoms with E-state index in [1.54, 1.807) is 0 Å². The molecule has 0 heterocycles. The van der Waals surface area contributed by atoms with Crippen LogP contribution in [0.5, 0.6) is 0 Å². The number of thioether (sulfide) groups is 2. The Kier molecular flexibility index (Phi) is 30.7. The van der Waals surface area contributed by atoms with Gasteiger partial charge in [0.1, 0.15) is 5.88 Å². The molecule has 584 valence electrons. The highest BCUT2D eigenvalue weighted by Gasteiger charge is 2.98. The molecule has 0 aromatic heterocycles. The number of hydrogen-bond donors (Lipinski definition) is 4. The number of alkyl halides is 52. The standard InChI is InChI=1S/2C12H7F17O2S.C10H5F17S.C2H3ClO2/c2*13-5(14,1-2-32-3-4(30)31)6(15,16)7(17,18)8(19,20)9(21,22)10(23,24)11(25,26)12(27,28)29;11-3(12,1-2-28)4(13,14)5(15,16)6(17,18)7(19,20)8(21,22)9(23,24)10(25,26)27;3-1-2(4)5/h2*1-3H2,(H,30,31);28H,1-2H2;1H2,(H,4,5). The maximum atomic E-state index is 13.4. The molecule has 61 heteroatoms. The van der Waals surface area contributed by atoms with Crippen molar-refractivity contribution >= 4 is 65.7 Å². The minimum Gasteiger partial charge on any atom is -0.481 e. The molecule has 0 saturated carbocycles. The average molecular weight is 1650 g/mol. The molecule has 0 bridgehead atoms. The van der Waals surface area contributed by atoms with Crippen LogP contribution in [0.3, 0.4) is 0 Å². The zero-order chi connectivity index (χ0) is 80.5. The van der Waals surface area contributed by atoms with Gasteiger partial charge in [0.2, 0.25) is 0 Å². The van der Waals surface area contributed by atoms with Crippen molar-refractivity contribution in [2.75, 3.05) is 34.6 Å². The van der Waals surface area contributed by atoms with Crippen LogP contribution in [0.4, 0.5) is 224 Å². The van der Waals surface area contributed by atoms with Crippen molar-refractivity contribution in [1.82, 2.24) is 0 Å². The van der Waals surface area contributed by atoms with Gasteiger partial charge in [-0.1, -0.05) is 0 Å². The summed E-state index contributed by atoms with van der Waals surface area (Å²) in [5.74, 6) is -180. The third-order valence-electron chi connectivity index (χ3n) is 10.5. The van der Waals surface area contributed by atoms with Gasteiger partial charge >= 0.3 is 161 Å². The molecule has 97 heavy (non-hydrogen) atoms. The fourth-order valence-corrected chi connectivity index (χ4v) is 6.64. The van der Waals surface area contributed by atoms with Gasteiger partial charge in [-0.2, -0.15) is 237 Å². The first-order valence-corrected chi connectivity index (χ1v) is 25.0. The maximum Gasteiger partial charge on any atom is 0.460 e. The fourth-order valence-electron chi connectivity index (χ4n) is 4.92. The SMILES string of the molecule is FC(F)(F)C(F)(F)C(F)(F)C(F)(F)C(F)(F)C(F)(F)C(F)(F)C(F)(F)CCS.O=C(O)CCl.O=C(O)CSCCC(F)(F)C(F)(F)C(F)(F)C(F)(F)C(F)(F)C(F)(F)C(F)(F)C(F)(F)F.O=C(O)CSCCC(F)(F)C(F)(F)C(F)(F)C(F)(F)C(F)(F)C(F)(F)C(F)(F)C(F)(F)F. The third-order valence-corrected chi connectivity index (χ3v) is 12.8. The van der Waals surface area contributed by atoms with Crippen LogP contribution in [0, 0.1) is 0 Å². The van der Waals surface area contributed by atoms with Crippen LogP contribution >= 0.6 is 47.8 Å². The van der Waals surface area contributed by atoms with Crippen LogP contribution in [0.25, 0.3) is 0 Å². The van der Waals surface area contributed by atoms with Gasteiger partial charge < -0.3 is 15.3 Å². The summed E-state index contributed by atoms with van der Waals surface area (Å²) in [6.45, 7) is 0. The highest BCUT2D eigenvalue weighted by atomic mass is 35.5. The molecule has 0 radical (unpaired) electrons. The summed E-state index contributed by atoms with van der Waals surface area (Å²) >= 11 is 7.19. The van der Waals surface area contributed by atoms with E-state index in [0.29, 0.717) is 0 Å². The molecule has 0 aliphatic heterocycles. The van der Waals surface area contributed by atoms with Gasteiger partial charge in [0.05, 0.1) is 11.5 Å². The summed E-state index contributed by atoms with van der Waals surface area (Å²) in [5, 5.41) is 23.9. The third kappa shape index (κ3) is 17.5. The zero-order valence-electron chi connectivity index (χ0n) is 43.3. The van der Waals surface area contributed by atoms with E-state index in [9.17, 15) is 238 Å². The van der Waals surface area contributed by atoms with Gasteiger partial charge in [-0.3, -0.25) is 14.4 Å². The Morgan fingerprint density at radius 2 is 0.381 bits per heavy atom. The van der Waals surface area contributed by atoms with Crippen molar-refractivity contribution in [3.8, 4) is 0 Å². The maximum absolute atomic E-state index is 13.4. The Morgan fingerprint density at radius 3 is 0.505 bits per heavy atom. The van der Waals surface area contributed by atoms with Crippen molar-refractivity contribution in [3.63, 3.8) is 0 Å². The molecule has 0 fully saturated rings. The number of aliphatic carboxylic acids is 3. The van der Waals surface area contributed by atoms with Crippen molar-refractivity contribution < 1.29 is 254 Å². The molecule has 0 atom stereocenters. The van der Waals surface area contributed by atoms with E-state index in [1.165, 1.54) is 0 Å². The van der Waals surface area contributed by atoms with Crippen LogP contribution < -0.4 is 0 Å². The summed E-state index contributed by atoms with van der Waals surface area (Å²) in [6, 6.07) is 0. The fraction of sp³-hybridized carbons (Fsp3) is 0.917. The summed E-state index contributed by atoms with van der Waals surface area (Å²) in [7, 11) is 0. The number of thiol groups is 1. The second kappa shape index (κ2) is 29.9. The van der Waals surface area contributed by atoms with Crippen LogP contribution in [0.2, 0.25) is 0 Å².